The lowest BCUT2D eigenvalue weighted by molar-refractivity contribution is -0.137. The molecule has 17 heavy (non-hydrogen) atoms. The maximum absolute atomic E-state index is 11.2. The second-order valence-electron chi connectivity index (χ2n) is 3.65. The highest BCUT2D eigenvalue weighted by atomic mass is 16.5. The number of esters is 1. The van der Waals surface area contributed by atoms with E-state index in [0.29, 0.717) is 12.0 Å². The lowest BCUT2D eigenvalue weighted by Gasteiger charge is -2.10. The third kappa shape index (κ3) is 3.88. The number of carbonyl (C=O) groups excluding carboxylic acids is 1. The molecular formula is C12H15NO4. The van der Waals surface area contributed by atoms with E-state index >= 15 is 0 Å². The smallest absolute Gasteiger partial charge is 0.337 e. The van der Waals surface area contributed by atoms with E-state index in [1.54, 1.807) is 24.3 Å². The Morgan fingerprint density at radius 3 is 2.41 bits per heavy atom. The highest BCUT2D eigenvalue weighted by molar-refractivity contribution is 5.89. The second-order valence-corrected chi connectivity index (χ2v) is 3.65. The van der Waals surface area contributed by atoms with Crippen molar-refractivity contribution >= 4 is 11.9 Å². The third-order valence-corrected chi connectivity index (χ3v) is 2.43. The molecule has 0 radical (unpaired) electrons. The van der Waals surface area contributed by atoms with Gasteiger partial charge in [-0.15, -0.1) is 0 Å². The molecule has 0 saturated heterocycles. The molecule has 0 aliphatic rings. The van der Waals surface area contributed by atoms with Crippen molar-refractivity contribution in [1.82, 2.24) is 0 Å². The Balaban J connectivity index is 2.66. The molecule has 0 heterocycles. The molecule has 1 aromatic rings. The predicted octanol–water partition coefficient (Wildman–Crippen LogP) is 1.34. The van der Waals surface area contributed by atoms with Crippen LogP contribution in [0.3, 0.4) is 0 Å². The fourth-order valence-electron chi connectivity index (χ4n) is 1.43. The van der Waals surface area contributed by atoms with Crippen LogP contribution >= 0.6 is 0 Å². The SMILES string of the molecule is COC(=O)c1ccc(C(N)CCC(=O)O)cc1. The molecular weight excluding hydrogens is 222 g/mol. The van der Waals surface area contributed by atoms with Gasteiger partial charge in [0.2, 0.25) is 0 Å². The summed E-state index contributed by atoms with van der Waals surface area (Å²) in [5, 5.41) is 8.54. The predicted molar refractivity (Wildman–Crippen MR) is 61.6 cm³/mol. The molecule has 0 fully saturated rings. The Hall–Kier alpha value is -1.88. The normalized spacial score (nSPS) is 11.9. The molecule has 1 aromatic carbocycles. The van der Waals surface area contributed by atoms with E-state index in [-0.39, 0.29) is 12.5 Å². The number of carboxylic acids is 1. The molecule has 92 valence electrons. The number of ether oxygens (including phenoxy) is 1. The van der Waals surface area contributed by atoms with Crippen LogP contribution in [0.15, 0.2) is 24.3 Å². The number of nitrogens with two attached hydrogens (primary N) is 1. The molecule has 5 nitrogen and oxygen atoms in total. The average Bonchev–Trinajstić information content (AvgIpc) is 2.35. The summed E-state index contributed by atoms with van der Waals surface area (Å²) >= 11 is 0. The topological polar surface area (TPSA) is 89.6 Å². The van der Waals surface area contributed by atoms with E-state index in [1.807, 2.05) is 0 Å². The Bertz CT molecular complexity index is 399. The number of hydrogen-bond donors (Lipinski definition) is 2. The van der Waals surface area contributed by atoms with Gasteiger partial charge >= 0.3 is 11.9 Å². The summed E-state index contributed by atoms with van der Waals surface area (Å²) in [4.78, 5) is 21.6. The van der Waals surface area contributed by atoms with Gasteiger partial charge in [0.1, 0.15) is 0 Å². The zero-order valence-electron chi connectivity index (χ0n) is 9.55. The molecule has 1 rings (SSSR count). The van der Waals surface area contributed by atoms with E-state index in [2.05, 4.69) is 4.74 Å². The van der Waals surface area contributed by atoms with Crippen molar-refractivity contribution in [3.8, 4) is 0 Å². The zero-order valence-corrected chi connectivity index (χ0v) is 9.55. The van der Waals surface area contributed by atoms with Gasteiger partial charge in [-0.05, 0) is 24.1 Å². The molecule has 3 N–H and O–H groups in total. The fraction of sp³-hybridized carbons (Fsp3) is 0.333. The molecule has 0 amide bonds. The van der Waals surface area contributed by atoms with Gasteiger partial charge in [0.05, 0.1) is 12.7 Å². The van der Waals surface area contributed by atoms with Crippen LogP contribution in [-0.4, -0.2) is 24.2 Å². The maximum Gasteiger partial charge on any atom is 0.337 e. The minimum Gasteiger partial charge on any atom is -0.481 e. The Labute approximate surface area is 99.2 Å². The Morgan fingerprint density at radius 1 is 1.35 bits per heavy atom. The fourth-order valence-corrected chi connectivity index (χ4v) is 1.43. The minimum atomic E-state index is -0.869. The monoisotopic (exact) mass is 237 g/mol. The van der Waals surface area contributed by atoms with Gasteiger partial charge in [0, 0.05) is 12.5 Å². The van der Waals surface area contributed by atoms with Crippen LogP contribution in [0.2, 0.25) is 0 Å². The summed E-state index contributed by atoms with van der Waals surface area (Å²) in [7, 11) is 1.31. The second kappa shape index (κ2) is 6.00. The summed E-state index contributed by atoms with van der Waals surface area (Å²) < 4.78 is 4.57. The Kier molecular flexibility index (Phi) is 4.66. The number of aliphatic carboxylic acids is 1. The van der Waals surface area contributed by atoms with Crippen LogP contribution in [0.4, 0.5) is 0 Å². The van der Waals surface area contributed by atoms with Crippen LogP contribution in [0.1, 0.15) is 34.8 Å². The molecule has 0 spiro atoms. The van der Waals surface area contributed by atoms with Crippen molar-refractivity contribution in [1.29, 1.82) is 0 Å². The lowest BCUT2D eigenvalue weighted by Crippen LogP contribution is -2.12. The summed E-state index contributed by atoms with van der Waals surface area (Å²) in [6.07, 6.45) is 0.396. The van der Waals surface area contributed by atoms with Crippen LogP contribution in [0.5, 0.6) is 0 Å². The number of methoxy groups -OCH3 is 1. The minimum absolute atomic E-state index is 0.0277. The van der Waals surface area contributed by atoms with Crippen molar-refractivity contribution in [3.05, 3.63) is 35.4 Å². The standard InChI is InChI=1S/C12H15NO4/c1-17-12(16)9-4-2-8(3-5-9)10(13)6-7-11(14)15/h2-5,10H,6-7,13H2,1H3,(H,14,15). The van der Waals surface area contributed by atoms with Crippen molar-refractivity contribution in [2.24, 2.45) is 5.73 Å². The van der Waals surface area contributed by atoms with E-state index in [1.165, 1.54) is 7.11 Å². The van der Waals surface area contributed by atoms with Crippen LogP contribution in [-0.2, 0) is 9.53 Å². The average molecular weight is 237 g/mol. The van der Waals surface area contributed by atoms with Gasteiger partial charge in [0.15, 0.2) is 0 Å². The van der Waals surface area contributed by atoms with Crippen molar-refractivity contribution in [3.63, 3.8) is 0 Å². The highest BCUT2D eigenvalue weighted by Crippen LogP contribution is 2.16. The van der Waals surface area contributed by atoms with E-state index in [0.717, 1.165) is 5.56 Å². The number of hydrogen-bond acceptors (Lipinski definition) is 4. The van der Waals surface area contributed by atoms with Gasteiger partial charge < -0.3 is 15.6 Å². The first kappa shape index (κ1) is 13.2. The van der Waals surface area contributed by atoms with Crippen molar-refractivity contribution in [2.75, 3.05) is 7.11 Å². The molecule has 5 heteroatoms. The summed E-state index contributed by atoms with van der Waals surface area (Å²) in [5.41, 5.74) is 7.07. The highest BCUT2D eigenvalue weighted by Gasteiger charge is 2.10. The van der Waals surface area contributed by atoms with Crippen molar-refractivity contribution in [2.45, 2.75) is 18.9 Å². The van der Waals surface area contributed by atoms with E-state index < -0.39 is 11.9 Å². The first-order chi connectivity index (χ1) is 8.04. The first-order valence-corrected chi connectivity index (χ1v) is 5.20. The van der Waals surface area contributed by atoms with Gasteiger partial charge in [-0.3, -0.25) is 4.79 Å². The lowest BCUT2D eigenvalue weighted by atomic mass is 10.0. The van der Waals surface area contributed by atoms with Crippen LogP contribution in [0, 0.1) is 0 Å². The molecule has 1 atom stereocenters. The Morgan fingerprint density at radius 2 is 1.94 bits per heavy atom. The summed E-state index contributed by atoms with van der Waals surface area (Å²) in [6, 6.07) is 6.30. The van der Waals surface area contributed by atoms with Crippen LogP contribution < -0.4 is 5.73 Å². The molecule has 0 aromatic heterocycles. The summed E-state index contributed by atoms with van der Waals surface area (Å²) in [5.74, 6) is -1.28. The summed E-state index contributed by atoms with van der Waals surface area (Å²) in [6.45, 7) is 0. The van der Waals surface area contributed by atoms with Gasteiger partial charge in [-0.2, -0.15) is 0 Å². The quantitative estimate of drug-likeness (QED) is 0.754. The number of benzene rings is 1. The zero-order chi connectivity index (χ0) is 12.8. The van der Waals surface area contributed by atoms with Crippen LogP contribution in [0.25, 0.3) is 0 Å². The molecule has 0 bridgehead atoms. The molecule has 0 aliphatic carbocycles. The van der Waals surface area contributed by atoms with E-state index in [9.17, 15) is 9.59 Å². The van der Waals surface area contributed by atoms with Gasteiger partial charge in [-0.25, -0.2) is 4.79 Å². The number of rotatable bonds is 5. The van der Waals surface area contributed by atoms with E-state index in [4.69, 9.17) is 10.8 Å². The third-order valence-electron chi connectivity index (χ3n) is 2.43. The van der Waals surface area contributed by atoms with Crippen molar-refractivity contribution < 1.29 is 19.4 Å². The first-order valence-electron chi connectivity index (χ1n) is 5.20. The molecule has 0 saturated carbocycles. The molecule has 0 aliphatic heterocycles. The number of carbonyl (C=O) groups is 2. The van der Waals surface area contributed by atoms with Gasteiger partial charge in [0.25, 0.3) is 0 Å². The largest absolute Gasteiger partial charge is 0.481 e. The molecule has 1 unspecified atom stereocenters. The maximum atomic E-state index is 11.2. The number of carboxylic acid groups (broad SMARTS) is 1. The van der Waals surface area contributed by atoms with Gasteiger partial charge in [-0.1, -0.05) is 12.1 Å².